The summed E-state index contributed by atoms with van der Waals surface area (Å²) in [6, 6.07) is 21.7. The number of methoxy groups -OCH3 is 2. The minimum atomic E-state index is -3.91. The number of rotatable bonds is 8. The normalized spacial score (nSPS) is 13.5. The zero-order valence-electron chi connectivity index (χ0n) is 17.1. The fraction of sp³-hybridized carbons (Fsp3) is 0.217. The van der Waals surface area contributed by atoms with E-state index in [4.69, 9.17) is 9.47 Å². The second-order valence-electron chi connectivity index (χ2n) is 7.06. The van der Waals surface area contributed by atoms with E-state index in [0.29, 0.717) is 11.3 Å². The topological polar surface area (TPSA) is 84.9 Å². The standard InChI is InChI=1S/C23H25NO5S/c1-23(25,19-11-9-18(10-12-19)17-7-5-4-6-8-17)16-24-30(26,27)22-14-13-20(28-2)15-21(22)29-3/h4-15,24-25H,16H2,1-3H3. The maximum absolute atomic E-state index is 12.8. The molecule has 0 aliphatic carbocycles. The molecule has 0 fully saturated rings. The second-order valence-corrected chi connectivity index (χ2v) is 8.79. The minimum Gasteiger partial charge on any atom is -0.497 e. The number of ether oxygens (including phenoxy) is 2. The zero-order valence-corrected chi connectivity index (χ0v) is 17.9. The molecule has 0 radical (unpaired) electrons. The SMILES string of the molecule is COc1ccc(S(=O)(=O)NCC(C)(O)c2ccc(-c3ccccc3)cc2)c(OC)c1. The molecule has 1 atom stereocenters. The van der Waals surface area contributed by atoms with Crippen LogP contribution in [0, 0.1) is 0 Å². The van der Waals surface area contributed by atoms with Crippen molar-refractivity contribution in [1.82, 2.24) is 4.72 Å². The van der Waals surface area contributed by atoms with E-state index in [-0.39, 0.29) is 17.2 Å². The molecular weight excluding hydrogens is 402 g/mol. The highest BCUT2D eigenvalue weighted by Gasteiger charge is 2.28. The first-order chi connectivity index (χ1) is 14.3. The van der Waals surface area contributed by atoms with Gasteiger partial charge >= 0.3 is 0 Å². The van der Waals surface area contributed by atoms with Crippen LogP contribution in [0.5, 0.6) is 11.5 Å². The minimum absolute atomic E-state index is 0.0268. The Bertz CT molecular complexity index is 1090. The Labute approximate surface area is 177 Å². The molecular formula is C23H25NO5S. The Balaban J connectivity index is 1.77. The molecule has 0 aliphatic heterocycles. The molecule has 3 rings (SSSR count). The maximum Gasteiger partial charge on any atom is 0.244 e. The molecule has 0 saturated carbocycles. The van der Waals surface area contributed by atoms with Crippen molar-refractivity contribution in [2.75, 3.05) is 20.8 Å². The molecule has 7 heteroatoms. The second kappa shape index (κ2) is 8.87. The lowest BCUT2D eigenvalue weighted by atomic mass is 9.94. The Morgan fingerprint density at radius 1 is 0.900 bits per heavy atom. The summed E-state index contributed by atoms with van der Waals surface area (Å²) in [7, 11) is -1.04. The van der Waals surface area contributed by atoms with Crippen LogP contribution in [0.25, 0.3) is 11.1 Å². The maximum atomic E-state index is 12.8. The number of hydrogen-bond acceptors (Lipinski definition) is 5. The van der Waals surface area contributed by atoms with Crippen molar-refractivity contribution < 1.29 is 23.0 Å². The van der Waals surface area contributed by atoms with Crippen molar-refractivity contribution in [2.45, 2.75) is 17.4 Å². The third kappa shape index (κ3) is 4.81. The fourth-order valence-electron chi connectivity index (χ4n) is 3.06. The van der Waals surface area contributed by atoms with Gasteiger partial charge in [0.05, 0.1) is 14.2 Å². The van der Waals surface area contributed by atoms with Crippen LogP contribution < -0.4 is 14.2 Å². The van der Waals surface area contributed by atoms with Gasteiger partial charge in [-0.15, -0.1) is 0 Å². The molecule has 0 aliphatic rings. The summed E-state index contributed by atoms with van der Waals surface area (Å²) in [5.74, 6) is 0.644. The summed E-state index contributed by atoms with van der Waals surface area (Å²) < 4.78 is 38.3. The van der Waals surface area contributed by atoms with Gasteiger partial charge in [0.2, 0.25) is 10.0 Å². The molecule has 3 aromatic carbocycles. The summed E-state index contributed by atoms with van der Waals surface area (Å²) in [5, 5.41) is 10.9. The van der Waals surface area contributed by atoms with Crippen LogP contribution in [0.1, 0.15) is 12.5 Å². The number of benzene rings is 3. The van der Waals surface area contributed by atoms with Gasteiger partial charge in [0, 0.05) is 12.6 Å². The molecule has 2 N–H and O–H groups in total. The summed E-state index contributed by atoms with van der Waals surface area (Å²) in [4.78, 5) is -0.0268. The molecule has 0 saturated heterocycles. The van der Waals surface area contributed by atoms with Crippen LogP contribution in [0.15, 0.2) is 77.7 Å². The largest absolute Gasteiger partial charge is 0.497 e. The third-order valence-electron chi connectivity index (χ3n) is 4.88. The molecule has 0 heterocycles. The molecule has 158 valence electrons. The molecule has 30 heavy (non-hydrogen) atoms. The Hall–Kier alpha value is -2.87. The summed E-state index contributed by atoms with van der Waals surface area (Å²) >= 11 is 0. The first-order valence-electron chi connectivity index (χ1n) is 9.37. The predicted molar refractivity (Wildman–Crippen MR) is 116 cm³/mol. The van der Waals surface area contributed by atoms with E-state index in [0.717, 1.165) is 11.1 Å². The van der Waals surface area contributed by atoms with Crippen molar-refractivity contribution >= 4 is 10.0 Å². The van der Waals surface area contributed by atoms with Crippen LogP contribution >= 0.6 is 0 Å². The highest BCUT2D eigenvalue weighted by atomic mass is 32.2. The number of nitrogens with one attached hydrogen (secondary N) is 1. The van der Waals surface area contributed by atoms with E-state index < -0.39 is 15.6 Å². The highest BCUT2D eigenvalue weighted by molar-refractivity contribution is 7.89. The lowest BCUT2D eigenvalue weighted by molar-refractivity contribution is 0.0627. The summed E-state index contributed by atoms with van der Waals surface area (Å²) in [5.41, 5.74) is 1.28. The van der Waals surface area contributed by atoms with E-state index >= 15 is 0 Å². The van der Waals surface area contributed by atoms with E-state index in [1.54, 1.807) is 19.1 Å². The fourth-order valence-corrected chi connectivity index (χ4v) is 4.35. The van der Waals surface area contributed by atoms with Crippen LogP contribution in [0.2, 0.25) is 0 Å². The quantitative estimate of drug-likeness (QED) is 0.574. The van der Waals surface area contributed by atoms with Crippen LogP contribution in [-0.4, -0.2) is 34.3 Å². The number of hydrogen-bond donors (Lipinski definition) is 2. The van der Waals surface area contributed by atoms with E-state index in [1.807, 2.05) is 42.5 Å². The van der Waals surface area contributed by atoms with Crippen LogP contribution in [0.4, 0.5) is 0 Å². The molecule has 1 unspecified atom stereocenters. The first-order valence-corrected chi connectivity index (χ1v) is 10.9. The van der Waals surface area contributed by atoms with Crippen molar-refractivity contribution in [3.8, 4) is 22.6 Å². The monoisotopic (exact) mass is 427 g/mol. The summed E-state index contributed by atoms with van der Waals surface area (Å²) in [6.07, 6.45) is 0. The Kier molecular flexibility index (Phi) is 6.45. The number of aliphatic hydroxyl groups is 1. The van der Waals surface area contributed by atoms with Gasteiger partial charge in [-0.25, -0.2) is 13.1 Å². The Morgan fingerprint density at radius 3 is 2.13 bits per heavy atom. The average molecular weight is 428 g/mol. The molecule has 0 amide bonds. The van der Waals surface area contributed by atoms with Crippen molar-refractivity contribution in [2.24, 2.45) is 0 Å². The van der Waals surface area contributed by atoms with Gasteiger partial charge in [-0.3, -0.25) is 0 Å². The summed E-state index contributed by atoms with van der Waals surface area (Å²) in [6.45, 7) is 1.37. The van der Waals surface area contributed by atoms with Gasteiger partial charge in [0.1, 0.15) is 22.0 Å². The average Bonchev–Trinajstić information content (AvgIpc) is 2.78. The van der Waals surface area contributed by atoms with Gasteiger partial charge in [-0.05, 0) is 35.7 Å². The van der Waals surface area contributed by atoms with Crippen LogP contribution in [-0.2, 0) is 15.6 Å². The molecule has 0 bridgehead atoms. The van der Waals surface area contributed by atoms with Gasteiger partial charge in [-0.2, -0.15) is 0 Å². The smallest absolute Gasteiger partial charge is 0.244 e. The molecule has 0 spiro atoms. The van der Waals surface area contributed by atoms with E-state index in [9.17, 15) is 13.5 Å². The third-order valence-corrected chi connectivity index (χ3v) is 6.32. The van der Waals surface area contributed by atoms with Crippen molar-refractivity contribution in [1.29, 1.82) is 0 Å². The first kappa shape index (κ1) is 21.8. The lowest BCUT2D eigenvalue weighted by Crippen LogP contribution is -2.38. The zero-order chi connectivity index (χ0) is 21.8. The molecule has 6 nitrogen and oxygen atoms in total. The number of sulfonamides is 1. The molecule has 3 aromatic rings. The van der Waals surface area contributed by atoms with Gasteiger partial charge in [0.15, 0.2) is 0 Å². The van der Waals surface area contributed by atoms with Gasteiger partial charge < -0.3 is 14.6 Å². The van der Waals surface area contributed by atoms with Crippen molar-refractivity contribution in [3.05, 3.63) is 78.4 Å². The van der Waals surface area contributed by atoms with Crippen molar-refractivity contribution in [3.63, 3.8) is 0 Å². The van der Waals surface area contributed by atoms with Crippen LogP contribution in [0.3, 0.4) is 0 Å². The molecule has 0 aromatic heterocycles. The lowest BCUT2D eigenvalue weighted by Gasteiger charge is -2.25. The Morgan fingerprint density at radius 2 is 1.53 bits per heavy atom. The van der Waals surface area contributed by atoms with E-state index in [2.05, 4.69) is 4.72 Å². The van der Waals surface area contributed by atoms with Gasteiger partial charge in [0.25, 0.3) is 0 Å². The highest BCUT2D eigenvalue weighted by Crippen LogP contribution is 2.29. The van der Waals surface area contributed by atoms with E-state index in [1.165, 1.54) is 32.4 Å². The van der Waals surface area contributed by atoms with Gasteiger partial charge in [-0.1, -0.05) is 54.6 Å². The predicted octanol–water partition coefficient (Wildman–Crippen LogP) is 3.56.